The molecule has 1 rings (SSSR count). The maximum atomic E-state index is 11.7. The number of carbonyl (C=O) groups is 1. The highest BCUT2D eigenvalue weighted by Gasteiger charge is 2.19. The topological polar surface area (TPSA) is 85.8 Å². The molecule has 0 aromatic carbocycles. The van der Waals surface area contributed by atoms with E-state index in [0.717, 1.165) is 6.42 Å². The van der Waals surface area contributed by atoms with Gasteiger partial charge in [-0.3, -0.25) is 4.79 Å². The van der Waals surface area contributed by atoms with Gasteiger partial charge in [0, 0.05) is 7.05 Å². The van der Waals surface area contributed by atoms with Gasteiger partial charge in [0.2, 0.25) is 5.91 Å². The summed E-state index contributed by atoms with van der Waals surface area (Å²) in [6.45, 7) is 4.34. The fourth-order valence-electron chi connectivity index (χ4n) is 1.26. The van der Waals surface area contributed by atoms with Gasteiger partial charge in [0.15, 0.2) is 5.82 Å². The lowest BCUT2D eigenvalue weighted by Gasteiger charge is -2.17. The van der Waals surface area contributed by atoms with Crippen molar-refractivity contribution in [3.63, 3.8) is 0 Å². The molecular formula is C10H19N5O. The molecule has 2 atom stereocenters. The smallest absolute Gasteiger partial charge is 0.237 e. The van der Waals surface area contributed by atoms with E-state index in [2.05, 4.69) is 15.5 Å². The fraction of sp³-hybridized carbons (Fsp3) is 0.700. The molecule has 16 heavy (non-hydrogen) atoms. The molecule has 0 aliphatic heterocycles. The summed E-state index contributed by atoms with van der Waals surface area (Å²) in [6.07, 6.45) is 2.48. The van der Waals surface area contributed by atoms with Crippen LogP contribution in [0.15, 0.2) is 6.33 Å². The highest BCUT2D eigenvalue weighted by Crippen LogP contribution is 2.05. The van der Waals surface area contributed by atoms with Crippen molar-refractivity contribution in [3.8, 4) is 0 Å². The highest BCUT2D eigenvalue weighted by molar-refractivity contribution is 5.81. The van der Waals surface area contributed by atoms with E-state index in [1.165, 1.54) is 0 Å². The first-order chi connectivity index (χ1) is 7.56. The average Bonchev–Trinajstić information content (AvgIpc) is 2.69. The molecule has 0 saturated heterocycles. The Balaban J connectivity index is 2.44. The summed E-state index contributed by atoms with van der Waals surface area (Å²) in [5.41, 5.74) is 5.79. The highest BCUT2D eigenvalue weighted by atomic mass is 16.2. The van der Waals surface area contributed by atoms with Crippen LogP contribution < -0.4 is 11.1 Å². The summed E-state index contributed by atoms with van der Waals surface area (Å²) in [4.78, 5) is 11.7. The first-order valence-corrected chi connectivity index (χ1v) is 5.42. The maximum absolute atomic E-state index is 11.7. The molecule has 0 unspecified atom stereocenters. The second kappa shape index (κ2) is 5.60. The molecule has 0 fully saturated rings. The van der Waals surface area contributed by atoms with Gasteiger partial charge in [0.05, 0.1) is 12.6 Å². The first-order valence-electron chi connectivity index (χ1n) is 5.42. The van der Waals surface area contributed by atoms with Gasteiger partial charge in [0.1, 0.15) is 6.33 Å². The summed E-state index contributed by atoms with van der Waals surface area (Å²) in [6, 6.07) is -0.460. The standard InChI is InChI=1S/C10H19N5O/c1-4-7(2)9(11)10(16)12-5-8-14-13-6-15(8)3/h6-7,9H,4-5,11H2,1-3H3,(H,12,16)/t7-,9-/m0/s1. The van der Waals surface area contributed by atoms with E-state index in [0.29, 0.717) is 12.4 Å². The third-order valence-corrected chi connectivity index (χ3v) is 2.79. The van der Waals surface area contributed by atoms with Crippen LogP contribution in [0.4, 0.5) is 0 Å². The van der Waals surface area contributed by atoms with Crippen molar-refractivity contribution < 1.29 is 4.79 Å². The SMILES string of the molecule is CC[C@H](C)[C@H](N)C(=O)NCc1nncn1C. The van der Waals surface area contributed by atoms with Crippen molar-refractivity contribution in [3.05, 3.63) is 12.2 Å². The van der Waals surface area contributed by atoms with Crippen molar-refractivity contribution in [2.24, 2.45) is 18.7 Å². The monoisotopic (exact) mass is 225 g/mol. The second-order valence-electron chi connectivity index (χ2n) is 3.99. The molecule has 6 nitrogen and oxygen atoms in total. The summed E-state index contributed by atoms with van der Waals surface area (Å²) in [7, 11) is 1.83. The Labute approximate surface area is 95.2 Å². The lowest BCUT2D eigenvalue weighted by molar-refractivity contribution is -0.123. The maximum Gasteiger partial charge on any atom is 0.237 e. The largest absolute Gasteiger partial charge is 0.347 e. The van der Waals surface area contributed by atoms with Crippen LogP contribution in [0, 0.1) is 5.92 Å². The van der Waals surface area contributed by atoms with Crippen molar-refractivity contribution >= 4 is 5.91 Å². The van der Waals surface area contributed by atoms with Gasteiger partial charge in [-0.25, -0.2) is 0 Å². The minimum atomic E-state index is -0.460. The second-order valence-corrected chi connectivity index (χ2v) is 3.99. The minimum absolute atomic E-state index is 0.141. The van der Waals surface area contributed by atoms with Crippen molar-refractivity contribution in [2.75, 3.05) is 0 Å². The van der Waals surface area contributed by atoms with Crippen LogP contribution in [-0.2, 0) is 18.4 Å². The number of nitrogens with zero attached hydrogens (tertiary/aromatic N) is 3. The molecule has 0 bridgehead atoms. The molecule has 1 aromatic heterocycles. The number of hydrogen-bond donors (Lipinski definition) is 2. The number of amides is 1. The summed E-state index contributed by atoms with van der Waals surface area (Å²) in [5.74, 6) is 0.751. The normalized spacial score (nSPS) is 14.5. The van der Waals surface area contributed by atoms with Gasteiger partial charge < -0.3 is 15.6 Å². The molecular weight excluding hydrogens is 206 g/mol. The van der Waals surface area contributed by atoms with Crippen LogP contribution >= 0.6 is 0 Å². The number of rotatable bonds is 5. The van der Waals surface area contributed by atoms with Crippen molar-refractivity contribution in [1.29, 1.82) is 0 Å². The van der Waals surface area contributed by atoms with Gasteiger partial charge in [-0.2, -0.15) is 0 Å². The Bertz CT molecular complexity index is 349. The quantitative estimate of drug-likeness (QED) is 0.727. The van der Waals surface area contributed by atoms with Crippen LogP contribution in [0.5, 0.6) is 0 Å². The molecule has 6 heteroatoms. The van der Waals surface area contributed by atoms with Gasteiger partial charge in [-0.05, 0) is 5.92 Å². The van der Waals surface area contributed by atoms with Gasteiger partial charge in [0.25, 0.3) is 0 Å². The number of nitrogens with two attached hydrogens (primary N) is 1. The molecule has 0 aliphatic carbocycles. The summed E-state index contributed by atoms with van der Waals surface area (Å²) >= 11 is 0. The van der Waals surface area contributed by atoms with Crippen LogP contribution in [0.1, 0.15) is 26.1 Å². The Kier molecular flexibility index (Phi) is 4.42. The number of aryl methyl sites for hydroxylation is 1. The molecule has 0 spiro atoms. The zero-order chi connectivity index (χ0) is 12.1. The van der Waals surface area contributed by atoms with Crippen LogP contribution in [0.25, 0.3) is 0 Å². The van der Waals surface area contributed by atoms with E-state index in [-0.39, 0.29) is 11.8 Å². The zero-order valence-corrected chi connectivity index (χ0v) is 9.97. The van der Waals surface area contributed by atoms with E-state index in [1.54, 1.807) is 10.9 Å². The van der Waals surface area contributed by atoms with Gasteiger partial charge >= 0.3 is 0 Å². The van der Waals surface area contributed by atoms with Gasteiger partial charge in [-0.15, -0.1) is 10.2 Å². The molecule has 0 aliphatic rings. The Morgan fingerprint density at radius 3 is 2.88 bits per heavy atom. The van der Waals surface area contributed by atoms with E-state index in [9.17, 15) is 4.79 Å². The van der Waals surface area contributed by atoms with Crippen molar-refractivity contribution in [2.45, 2.75) is 32.9 Å². The van der Waals surface area contributed by atoms with E-state index in [4.69, 9.17) is 5.73 Å². The molecule has 1 amide bonds. The third kappa shape index (κ3) is 3.03. The van der Waals surface area contributed by atoms with E-state index < -0.39 is 6.04 Å². The number of aromatic nitrogens is 3. The number of nitrogens with one attached hydrogen (secondary N) is 1. The Morgan fingerprint density at radius 2 is 2.38 bits per heavy atom. The zero-order valence-electron chi connectivity index (χ0n) is 9.97. The lowest BCUT2D eigenvalue weighted by Crippen LogP contribution is -2.44. The van der Waals surface area contributed by atoms with Crippen LogP contribution in [-0.4, -0.2) is 26.7 Å². The fourth-order valence-corrected chi connectivity index (χ4v) is 1.26. The third-order valence-electron chi connectivity index (χ3n) is 2.79. The first kappa shape index (κ1) is 12.6. The van der Waals surface area contributed by atoms with Crippen molar-refractivity contribution in [1.82, 2.24) is 20.1 Å². The molecule has 0 saturated carbocycles. The summed E-state index contributed by atoms with van der Waals surface area (Å²) < 4.78 is 1.76. The van der Waals surface area contributed by atoms with Crippen LogP contribution in [0.3, 0.4) is 0 Å². The predicted octanol–water partition coefficient (Wildman–Crippen LogP) is -0.195. The molecule has 90 valence electrons. The van der Waals surface area contributed by atoms with Crippen LogP contribution in [0.2, 0.25) is 0 Å². The van der Waals surface area contributed by atoms with Gasteiger partial charge in [-0.1, -0.05) is 20.3 Å². The molecule has 1 heterocycles. The Morgan fingerprint density at radius 1 is 1.69 bits per heavy atom. The number of hydrogen-bond acceptors (Lipinski definition) is 4. The van der Waals surface area contributed by atoms with E-state index in [1.807, 2.05) is 20.9 Å². The number of carbonyl (C=O) groups excluding carboxylic acids is 1. The Hall–Kier alpha value is -1.43. The predicted molar refractivity (Wildman–Crippen MR) is 60.3 cm³/mol. The summed E-state index contributed by atoms with van der Waals surface area (Å²) in [5, 5.41) is 10.3. The van der Waals surface area contributed by atoms with E-state index >= 15 is 0 Å². The molecule has 3 N–H and O–H groups in total. The molecule has 1 aromatic rings. The minimum Gasteiger partial charge on any atom is -0.347 e. The average molecular weight is 225 g/mol. The lowest BCUT2D eigenvalue weighted by atomic mass is 9.99. The molecule has 0 radical (unpaired) electrons.